The molecule has 42 heavy (non-hydrogen) atoms. The number of allylic oxidation sites excluding steroid dienone is 3. The number of Topliss-reactive ketones (excluding diaryl/α,β-unsaturated/α-hetero) is 1. The van der Waals surface area contributed by atoms with E-state index in [4.69, 9.17) is 10.5 Å². The highest BCUT2D eigenvalue weighted by atomic mass is 16.5. The highest BCUT2D eigenvalue weighted by Crippen LogP contribution is 2.33. The van der Waals surface area contributed by atoms with Gasteiger partial charge in [-0.25, -0.2) is 0 Å². The number of aryl methyl sites for hydroxylation is 1. The van der Waals surface area contributed by atoms with Crippen LogP contribution in [0.4, 0.5) is 0 Å². The molecule has 226 valence electrons. The van der Waals surface area contributed by atoms with E-state index >= 15 is 0 Å². The third-order valence-electron chi connectivity index (χ3n) is 7.62. The van der Waals surface area contributed by atoms with Gasteiger partial charge in [-0.1, -0.05) is 56.2 Å². The maximum Gasteiger partial charge on any atom is 0.163 e. The van der Waals surface area contributed by atoms with Crippen LogP contribution in [-0.2, 0) is 22.4 Å². The summed E-state index contributed by atoms with van der Waals surface area (Å²) >= 11 is 0. The number of unbranched alkanes of at least 4 members (excludes halogenated alkanes) is 2. The van der Waals surface area contributed by atoms with Gasteiger partial charge in [0.1, 0.15) is 5.78 Å². The number of carbonyl (C=O) groups is 2. The number of carbonyl (C=O) groups excluding carboxylic acids is 2. The fourth-order valence-electron chi connectivity index (χ4n) is 5.26. The second-order valence-electron chi connectivity index (χ2n) is 11.2. The van der Waals surface area contributed by atoms with E-state index in [1.54, 1.807) is 18.2 Å². The van der Waals surface area contributed by atoms with Gasteiger partial charge in [-0.2, -0.15) is 0 Å². The van der Waals surface area contributed by atoms with Crippen LogP contribution < -0.4 is 21.1 Å². The number of nitrogens with one attached hydrogen (secondary N) is 2. The molecule has 5 N–H and O–H groups in total. The zero-order valence-corrected chi connectivity index (χ0v) is 25.3. The molecule has 1 heterocycles. The van der Waals surface area contributed by atoms with E-state index in [2.05, 4.69) is 29.7 Å². The first-order valence-electron chi connectivity index (χ1n) is 15.0. The molecule has 2 atom stereocenters. The van der Waals surface area contributed by atoms with Gasteiger partial charge in [0.05, 0.1) is 19.7 Å². The summed E-state index contributed by atoms with van der Waals surface area (Å²) in [5.41, 5.74) is 11.2. The lowest BCUT2D eigenvalue weighted by Gasteiger charge is -2.22. The van der Waals surface area contributed by atoms with Crippen molar-refractivity contribution in [1.29, 1.82) is 0 Å². The highest BCUT2D eigenvalue weighted by molar-refractivity contribution is 6.06. The molecule has 1 aliphatic heterocycles. The number of dihydropyridines is 1. The lowest BCUT2D eigenvalue weighted by atomic mass is 9.90. The fraction of sp³-hybridized carbons (Fsp3) is 0.429. The molecule has 0 saturated carbocycles. The Morgan fingerprint density at radius 3 is 2.64 bits per heavy atom. The average molecular weight is 574 g/mol. The molecule has 1 aliphatic rings. The number of ether oxygens (including phenoxy) is 1. The number of ketones is 2. The third-order valence-corrected chi connectivity index (χ3v) is 7.62. The number of phenols is 1. The van der Waals surface area contributed by atoms with Crippen molar-refractivity contribution in [3.8, 4) is 11.5 Å². The third kappa shape index (κ3) is 11.0. The zero-order valence-electron chi connectivity index (χ0n) is 25.3. The van der Waals surface area contributed by atoms with Gasteiger partial charge >= 0.3 is 0 Å². The molecule has 0 spiro atoms. The average Bonchev–Trinajstić information content (AvgIpc) is 2.97. The van der Waals surface area contributed by atoms with Crippen LogP contribution in [0.15, 0.2) is 72.0 Å². The minimum atomic E-state index is -0.264. The number of phenolic OH excluding ortho intramolecular Hbond substituents is 1. The molecule has 0 saturated heterocycles. The number of methoxy groups -OCH3 is 1. The number of nitrogens with two attached hydrogens (primary N) is 1. The summed E-state index contributed by atoms with van der Waals surface area (Å²) in [7, 11) is 3.45. The van der Waals surface area contributed by atoms with Crippen molar-refractivity contribution in [1.82, 2.24) is 10.6 Å². The first-order chi connectivity index (χ1) is 20.3. The molecule has 7 nitrogen and oxygen atoms in total. The summed E-state index contributed by atoms with van der Waals surface area (Å²) in [5, 5.41) is 16.9. The van der Waals surface area contributed by atoms with Crippen molar-refractivity contribution in [3.05, 3.63) is 88.7 Å². The van der Waals surface area contributed by atoms with Crippen molar-refractivity contribution in [2.75, 3.05) is 20.7 Å². The largest absolute Gasteiger partial charge is 0.504 e. The van der Waals surface area contributed by atoms with Crippen molar-refractivity contribution in [2.45, 2.75) is 70.9 Å². The molecule has 0 bridgehead atoms. The molecule has 1 unspecified atom stereocenters. The Bertz CT molecular complexity index is 1270. The maximum absolute atomic E-state index is 12.7. The first-order valence-corrected chi connectivity index (χ1v) is 15.0. The van der Waals surface area contributed by atoms with Crippen molar-refractivity contribution < 1.29 is 19.4 Å². The van der Waals surface area contributed by atoms with E-state index in [1.807, 2.05) is 37.5 Å². The first kappa shape index (κ1) is 32.8. The summed E-state index contributed by atoms with van der Waals surface area (Å²) in [4.78, 5) is 25.1. The quantitative estimate of drug-likeness (QED) is 0.104. The monoisotopic (exact) mass is 573 g/mol. The molecule has 0 aliphatic carbocycles. The van der Waals surface area contributed by atoms with Gasteiger partial charge < -0.3 is 26.2 Å². The van der Waals surface area contributed by atoms with Gasteiger partial charge in [0.15, 0.2) is 17.3 Å². The number of hydrogen-bond donors (Lipinski definition) is 4. The predicted molar refractivity (Wildman–Crippen MR) is 170 cm³/mol. The minimum absolute atomic E-state index is 0.0283. The van der Waals surface area contributed by atoms with Crippen LogP contribution in [0.3, 0.4) is 0 Å². The van der Waals surface area contributed by atoms with Gasteiger partial charge in [-0.15, -0.1) is 0 Å². The molecule has 0 amide bonds. The molecule has 0 radical (unpaired) electrons. The molecule has 3 rings (SSSR count). The van der Waals surface area contributed by atoms with Gasteiger partial charge in [0.2, 0.25) is 0 Å². The van der Waals surface area contributed by atoms with Crippen molar-refractivity contribution >= 4 is 17.6 Å². The Labute approximate surface area is 250 Å². The second kappa shape index (κ2) is 17.3. The predicted octanol–water partition coefficient (Wildman–Crippen LogP) is 5.62. The fourth-order valence-corrected chi connectivity index (χ4v) is 5.26. The Balaban J connectivity index is 1.63. The normalized spacial score (nSPS) is 15.6. The van der Waals surface area contributed by atoms with Crippen LogP contribution in [0.5, 0.6) is 11.5 Å². The molecule has 2 aromatic rings. The van der Waals surface area contributed by atoms with E-state index in [0.29, 0.717) is 24.5 Å². The van der Waals surface area contributed by atoms with Gasteiger partial charge in [-0.3, -0.25) is 9.59 Å². The van der Waals surface area contributed by atoms with E-state index in [9.17, 15) is 14.7 Å². The number of rotatable bonds is 18. The molecule has 0 fully saturated rings. The second-order valence-corrected chi connectivity index (χ2v) is 11.2. The molecule has 2 aromatic carbocycles. The smallest absolute Gasteiger partial charge is 0.163 e. The summed E-state index contributed by atoms with van der Waals surface area (Å²) in [5.74, 6) is 0.722. The Hall–Kier alpha value is -3.68. The standard InChI is InChI=1S/C35H47N3O4/c1-25(23-37-2)10-6-4-9-13-31(39)22-32(40)17-16-27-20-34(42-3)33(41)19-29(27)18-30-24-38-35(36)21-28(30)15-14-26-11-7-5-8-12-26/h5,7-8,11-12,16-17,19-21,24-25,35,37-38,41H,4,6,9-10,13-15,18,22-23,36H2,1-3H3/b17-16+/t25-,35?/m1/s1. The van der Waals surface area contributed by atoms with E-state index in [1.165, 1.54) is 18.7 Å². The van der Waals surface area contributed by atoms with Crippen LogP contribution >= 0.6 is 0 Å². The van der Waals surface area contributed by atoms with Gasteiger partial charge in [0, 0.05) is 12.6 Å². The van der Waals surface area contributed by atoms with E-state index in [0.717, 1.165) is 67.3 Å². The molecule has 7 heteroatoms. The topological polar surface area (TPSA) is 114 Å². The summed E-state index contributed by atoms with van der Waals surface area (Å²) in [6.45, 7) is 3.23. The van der Waals surface area contributed by atoms with Crippen LogP contribution in [0.1, 0.15) is 68.6 Å². The van der Waals surface area contributed by atoms with Crippen molar-refractivity contribution in [2.24, 2.45) is 11.7 Å². The highest BCUT2D eigenvalue weighted by Gasteiger charge is 2.17. The number of aromatic hydroxyl groups is 1. The number of benzene rings is 2. The zero-order chi connectivity index (χ0) is 30.3. The lowest BCUT2D eigenvalue weighted by Crippen LogP contribution is -2.35. The molecular weight excluding hydrogens is 526 g/mol. The maximum atomic E-state index is 12.7. The molecular formula is C35H47N3O4. The Morgan fingerprint density at radius 2 is 1.90 bits per heavy atom. The van der Waals surface area contributed by atoms with E-state index in [-0.39, 0.29) is 29.9 Å². The number of hydrogen-bond acceptors (Lipinski definition) is 7. The van der Waals surface area contributed by atoms with Crippen LogP contribution in [0.25, 0.3) is 6.08 Å². The SMILES string of the molecule is CNC[C@H](C)CCCCCC(=O)CC(=O)/C=C/c1cc(OC)c(O)cc1CC1=CNC(N)C=C1CCc1ccccc1. The van der Waals surface area contributed by atoms with E-state index < -0.39 is 0 Å². The van der Waals surface area contributed by atoms with Crippen molar-refractivity contribution in [3.63, 3.8) is 0 Å². The lowest BCUT2D eigenvalue weighted by molar-refractivity contribution is -0.124. The summed E-state index contributed by atoms with van der Waals surface area (Å²) in [6, 6.07) is 13.7. The summed E-state index contributed by atoms with van der Waals surface area (Å²) < 4.78 is 5.34. The summed E-state index contributed by atoms with van der Waals surface area (Å²) in [6.07, 6.45) is 13.5. The van der Waals surface area contributed by atoms with Crippen LogP contribution in [0, 0.1) is 5.92 Å². The van der Waals surface area contributed by atoms with Gasteiger partial charge in [0.25, 0.3) is 0 Å². The van der Waals surface area contributed by atoms with Crippen LogP contribution in [-0.4, -0.2) is 43.5 Å². The van der Waals surface area contributed by atoms with Gasteiger partial charge in [-0.05, 0) is 104 Å². The molecule has 0 aromatic heterocycles. The minimum Gasteiger partial charge on any atom is -0.504 e. The Kier molecular flexibility index (Phi) is 13.5. The van der Waals surface area contributed by atoms with Crippen LogP contribution in [0.2, 0.25) is 0 Å². The Morgan fingerprint density at radius 1 is 1.12 bits per heavy atom.